The van der Waals surface area contributed by atoms with Gasteiger partial charge in [0.2, 0.25) is 20.9 Å². The van der Waals surface area contributed by atoms with Gasteiger partial charge in [-0.3, -0.25) is 0 Å². The Morgan fingerprint density at radius 1 is 1.44 bits per heavy atom. The number of hydrogen-bond donors (Lipinski definition) is 3. The molecule has 0 saturated carbocycles. The predicted octanol–water partition coefficient (Wildman–Crippen LogP) is 0.454. The third-order valence-electron chi connectivity index (χ3n) is 2.25. The molecular formula is C10H19N5O2S. The van der Waals surface area contributed by atoms with E-state index in [1.807, 2.05) is 0 Å². The van der Waals surface area contributed by atoms with E-state index in [9.17, 15) is 8.42 Å². The van der Waals surface area contributed by atoms with Gasteiger partial charge in [0, 0.05) is 6.54 Å². The van der Waals surface area contributed by atoms with Crippen molar-refractivity contribution in [2.75, 3.05) is 18.0 Å². The van der Waals surface area contributed by atoms with E-state index < -0.39 is 9.84 Å². The number of nitrogens with one attached hydrogen (secondary N) is 2. The average Bonchev–Trinajstić information content (AvgIpc) is 2.75. The van der Waals surface area contributed by atoms with Gasteiger partial charge in [0.05, 0.1) is 5.75 Å². The van der Waals surface area contributed by atoms with Gasteiger partial charge in [0.15, 0.2) is 0 Å². The maximum absolute atomic E-state index is 11.7. The highest BCUT2D eigenvalue weighted by atomic mass is 32.2. The summed E-state index contributed by atoms with van der Waals surface area (Å²) in [4.78, 5) is 3.59. The summed E-state index contributed by atoms with van der Waals surface area (Å²) in [6, 6.07) is 0. The van der Waals surface area contributed by atoms with Crippen LogP contribution in [0, 0.1) is 0 Å². The van der Waals surface area contributed by atoms with Crippen LogP contribution in [0.1, 0.15) is 26.2 Å². The van der Waals surface area contributed by atoms with Crippen molar-refractivity contribution in [3.05, 3.63) is 12.3 Å². The summed E-state index contributed by atoms with van der Waals surface area (Å²) >= 11 is 0. The molecule has 0 radical (unpaired) electrons. The smallest absolute Gasteiger partial charge is 0.245 e. The van der Waals surface area contributed by atoms with Crippen molar-refractivity contribution in [3.63, 3.8) is 0 Å². The number of aromatic amines is 1. The van der Waals surface area contributed by atoms with Crippen LogP contribution in [0.4, 0.5) is 5.95 Å². The van der Waals surface area contributed by atoms with Gasteiger partial charge in [0.1, 0.15) is 0 Å². The number of nitrogens with zero attached hydrogens (tertiary/aromatic N) is 2. The summed E-state index contributed by atoms with van der Waals surface area (Å²) < 4.78 is 23.4. The Hall–Kier alpha value is -1.57. The van der Waals surface area contributed by atoms with Gasteiger partial charge in [-0.25, -0.2) is 13.5 Å². The van der Waals surface area contributed by atoms with Gasteiger partial charge in [0.25, 0.3) is 0 Å². The van der Waals surface area contributed by atoms with Crippen LogP contribution < -0.4 is 11.1 Å². The maximum Gasteiger partial charge on any atom is 0.245 e. The van der Waals surface area contributed by atoms with E-state index in [0.29, 0.717) is 0 Å². The van der Waals surface area contributed by atoms with Gasteiger partial charge in [-0.05, 0) is 12.6 Å². The molecule has 8 heteroatoms. The summed E-state index contributed by atoms with van der Waals surface area (Å²) in [7, 11) is -3.47. The first-order chi connectivity index (χ1) is 8.56. The van der Waals surface area contributed by atoms with E-state index in [1.54, 1.807) is 12.3 Å². The summed E-state index contributed by atoms with van der Waals surface area (Å²) in [5.41, 5.74) is 5.25. The van der Waals surface area contributed by atoms with E-state index in [-0.39, 0.29) is 16.9 Å². The lowest BCUT2D eigenvalue weighted by Crippen LogP contribution is -2.10. The van der Waals surface area contributed by atoms with Crippen molar-refractivity contribution in [3.8, 4) is 0 Å². The van der Waals surface area contributed by atoms with Gasteiger partial charge in [-0.15, -0.1) is 5.10 Å². The summed E-state index contributed by atoms with van der Waals surface area (Å²) in [6.45, 7) is 2.98. The monoisotopic (exact) mass is 273 g/mol. The molecule has 0 fully saturated rings. The van der Waals surface area contributed by atoms with Gasteiger partial charge in [-0.2, -0.15) is 4.98 Å². The van der Waals surface area contributed by atoms with Crippen LogP contribution in [0.25, 0.3) is 0 Å². The molecule has 0 bridgehead atoms. The lowest BCUT2D eigenvalue weighted by Gasteiger charge is -1.99. The summed E-state index contributed by atoms with van der Waals surface area (Å²) in [5, 5.41) is 8.61. The second-order valence-electron chi connectivity index (χ2n) is 3.84. The molecule has 18 heavy (non-hydrogen) atoms. The van der Waals surface area contributed by atoms with Crippen LogP contribution in [-0.4, -0.2) is 35.9 Å². The quantitative estimate of drug-likeness (QED) is 0.593. The molecule has 102 valence electrons. The molecule has 1 heterocycles. The summed E-state index contributed by atoms with van der Waals surface area (Å²) in [6.07, 6.45) is 6.59. The predicted molar refractivity (Wildman–Crippen MR) is 69.5 cm³/mol. The van der Waals surface area contributed by atoms with Crippen LogP contribution >= 0.6 is 0 Å². The second kappa shape index (κ2) is 7.00. The highest BCUT2D eigenvalue weighted by molar-refractivity contribution is 7.91. The molecule has 1 aromatic rings. The minimum Gasteiger partial charge on any atom is -0.391 e. The van der Waals surface area contributed by atoms with E-state index in [2.05, 4.69) is 27.4 Å². The average molecular weight is 273 g/mol. The Balaban J connectivity index is 2.36. The number of sulfone groups is 1. The first kappa shape index (κ1) is 14.5. The number of nitrogen functional groups attached to an aromatic ring is 1. The fraction of sp³-hybridized carbons (Fsp3) is 0.600. The third kappa shape index (κ3) is 4.74. The maximum atomic E-state index is 11.7. The molecule has 7 nitrogen and oxygen atoms in total. The fourth-order valence-electron chi connectivity index (χ4n) is 1.30. The lowest BCUT2D eigenvalue weighted by atomic mass is 10.2. The first-order valence-corrected chi connectivity index (χ1v) is 7.50. The van der Waals surface area contributed by atoms with Crippen molar-refractivity contribution in [2.45, 2.75) is 31.3 Å². The standard InChI is InChI=1S/C10H19N5O2S/c1-2-3-4-6-12-7-5-8-18(16,17)10-13-9(11)14-15-10/h5,7,12H,2-4,6,8H2,1H3,(H3,11,13,14,15). The topological polar surface area (TPSA) is 114 Å². The number of H-pyrrole nitrogens is 1. The Morgan fingerprint density at radius 3 is 2.83 bits per heavy atom. The highest BCUT2D eigenvalue weighted by Gasteiger charge is 2.16. The molecule has 0 aliphatic heterocycles. The van der Waals surface area contributed by atoms with Crippen LogP contribution in [0.3, 0.4) is 0 Å². The minimum atomic E-state index is -3.47. The number of anilines is 1. The van der Waals surface area contributed by atoms with Gasteiger partial charge >= 0.3 is 0 Å². The Bertz CT molecular complexity index is 480. The SMILES string of the molecule is CCCCCNC=CCS(=O)(=O)c1nc(N)n[nH]1. The largest absolute Gasteiger partial charge is 0.391 e. The zero-order valence-corrected chi connectivity index (χ0v) is 11.2. The van der Waals surface area contributed by atoms with Crippen LogP contribution in [-0.2, 0) is 9.84 Å². The molecule has 1 rings (SSSR count). The van der Waals surface area contributed by atoms with Crippen LogP contribution in [0.15, 0.2) is 17.4 Å². The number of unbranched alkanes of at least 4 members (excludes halogenated alkanes) is 2. The van der Waals surface area contributed by atoms with Gasteiger partial charge < -0.3 is 11.1 Å². The molecule has 0 aromatic carbocycles. The molecule has 4 N–H and O–H groups in total. The molecule has 0 aliphatic carbocycles. The molecule has 0 atom stereocenters. The van der Waals surface area contributed by atoms with Crippen molar-refractivity contribution in [2.24, 2.45) is 0 Å². The van der Waals surface area contributed by atoms with Crippen LogP contribution in [0.2, 0.25) is 0 Å². The fourth-order valence-corrected chi connectivity index (χ4v) is 2.22. The Kier molecular flexibility index (Phi) is 5.63. The second-order valence-corrected chi connectivity index (χ2v) is 5.79. The molecule has 0 saturated heterocycles. The number of hydrogen-bond acceptors (Lipinski definition) is 6. The lowest BCUT2D eigenvalue weighted by molar-refractivity contribution is 0.590. The molecule has 0 amide bonds. The Labute approximate surface area is 107 Å². The van der Waals surface area contributed by atoms with Crippen LogP contribution in [0.5, 0.6) is 0 Å². The Morgan fingerprint density at radius 2 is 2.22 bits per heavy atom. The third-order valence-corrected chi connectivity index (χ3v) is 3.66. The molecule has 0 unspecified atom stereocenters. The van der Waals surface area contributed by atoms with E-state index >= 15 is 0 Å². The highest BCUT2D eigenvalue weighted by Crippen LogP contribution is 2.05. The van der Waals surface area contributed by atoms with E-state index in [0.717, 1.165) is 25.8 Å². The van der Waals surface area contributed by atoms with E-state index in [1.165, 1.54) is 0 Å². The first-order valence-electron chi connectivity index (χ1n) is 5.85. The minimum absolute atomic E-state index is 0.0738. The number of rotatable bonds is 8. The molecular weight excluding hydrogens is 254 g/mol. The molecule has 0 aliphatic rings. The normalized spacial score (nSPS) is 12.1. The number of aromatic nitrogens is 3. The van der Waals surface area contributed by atoms with E-state index in [4.69, 9.17) is 5.73 Å². The van der Waals surface area contributed by atoms with Crippen molar-refractivity contribution in [1.29, 1.82) is 0 Å². The molecule has 0 spiro atoms. The zero-order valence-electron chi connectivity index (χ0n) is 10.4. The zero-order chi connectivity index (χ0) is 13.4. The van der Waals surface area contributed by atoms with Crippen molar-refractivity contribution < 1.29 is 8.42 Å². The molecule has 1 aromatic heterocycles. The summed E-state index contributed by atoms with van der Waals surface area (Å²) in [5.74, 6) is -0.210. The van der Waals surface area contributed by atoms with Crippen molar-refractivity contribution in [1.82, 2.24) is 20.5 Å². The van der Waals surface area contributed by atoms with Crippen molar-refractivity contribution >= 4 is 15.8 Å². The number of nitrogens with two attached hydrogens (primary N) is 1. The van der Waals surface area contributed by atoms with Gasteiger partial charge in [-0.1, -0.05) is 25.8 Å².